The second-order valence-corrected chi connectivity index (χ2v) is 4.60. The lowest BCUT2D eigenvalue weighted by molar-refractivity contribution is 0.461. The van der Waals surface area contributed by atoms with E-state index in [4.69, 9.17) is 4.42 Å². The molecular formula is C15H16N4O. The molecule has 20 heavy (non-hydrogen) atoms. The van der Waals surface area contributed by atoms with Crippen LogP contribution >= 0.6 is 0 Å². The molecule has 0 unspecified atom stereocenters. The Morgan fingerprint density at radius 2 is 1.90 bits per heavy atom. The highest BCUT2D eigenvalue weighted by Crippen LogP contribution is 2.18. The highest BCUT2D eigenvalue weighted by Gasteiger charge is 2.09. The molecule has 2 aromatic heterocycles. The Kier molecular flexibility index (Phi) is 3.60. The van der Waals surface area contributed by atoms with Crippen molar-refractivity contribution in [1.82, 2.24) is 20.7 Å². The number of hydrogen-bond acceptors (Lipinski definition) is 4. The summed E-state index contributed by atoms with van der Waals surface area (Å²) in [4.78, 5) is 0. The molecule has 5 heteroatoms. The van der Waals surface area contributed by atoms with Crippen LogP contribution in [0.2, 0.25) is 0 Å². The van der Waals surface area contributed by atoms with Crippen LogP contribution in [0, 0.1) is 6.92 Å². The zero-order valence-electron chi connectivity index (χ0n) is 11.3. The van der Waals surface area contributed by atoms with E-state index >= 15 is 0 Å². The third kappa shape index (κ3) is 2.78. The minimum atomic E-state index is 0.639. The molecule has 3 aromatic rings. The predicted octanol–water partition coefficient (Wildman–Crippen LogP) is 2.66. The average Bonchev–Trinajstić information content (AvgIpc) is 3.09. The zero-order valence-corrected chi connectivity index (χ0v) is 11.3. The molecule has 0 bridgehead atoms. The van der Waals surface area contributed by atoms with Gasteiger partial charge in [0, 0.05) is 12.1 Å². The van der Waals surface area contributed by atoms with Gasteiger partial charge in [0.05, 0.1) is 6.54 Å². The second kappa shape index (κ2) is 5.71. The van der Waals surface area contributed by atoms with Gasteiger partial charge < -0.3 is 9.73 Å². The van der Waals surface area contributed by atoms with Crippen LogP contribution < -0.4 is 5.32 Å². The van der Waals surface area contributed by atoms with Crippen molar-refractivity contribution in [3.05, 3.63) is 59.7 Å². The van der Waals surface area contributed by atoms with E-state index in [2.05, 4.69) is 20.7 Å². The molecule has 2 N–H and O–H groups in total. The Morgan fingerprint density at radius 1 is 1.05 bits per heavy atom. The van der Waals surface area contributed by atoms with Crippen molar-refractivity contribution in [3.8, 4) is 11.3 Å². The fraction of sp³-hybridized carbons (Fsp3) is 0.200. The van der Waals surface area contributed by atoms with Crippen LogP contribution in [0.4, 0.5) is 0 Å². The van der Waals surface area contributed by atoms with Gasteiger partial charge in [0.25, 0.3) is 0 Å². The predicted molar refractivity (Wildman–Crippen MR) is 75.8 cm³/mol. The number of nitrogens with zero attached hydrogens (tertiary/aromatic N) is 2. The first kappa shape index (κ1) is 12.6. The highest BCUT2D eigenvalue weighted by molar-refractivity contribution is 5.60. The molecule has 0 spiro atoms. The fourth-order valence-electron chi connectivity index (χ4n) is 2.09. The summed E-state index contributed by atoms with van der Waals surface area (Å²) >= 11 is 0. The van der Waals surface area contributed by atoms with Crippen LogP contribution in [0.15, 0.2) is 46.9 Å². The molecule has 5 nitrogen and oxygen atoms in total. The van der Waals surface area contributed by atoms with Crippen LogP contribution in [-0.2, 0) is 13.1 Å². The minimum absolute atomic E-state index is 0.639. The van der Waals surface area contributed by atoms with Crippen molar-refractivity contribution in [3.63, 3.8) is 0 Å². The molecule has 0 saturated heterocycles. The Balaban J connectivity index is 1.65. The first-order valence-electron chi connectivity index (χ1n) is 6.54. The number of aromatic amines is 1. The minimum Gasteiger partial charge on any atom is -0.465 e. The summed E-state index contributed by atoms with van der Waals surface area (Å²) < 4.78 is 5.51. The highest BCUT2D eigenvalue weighted by atomic mass is 16.3. The molecule has 0 amide bonds. The Morgan fingerprint density at radius 3 is 2.65 bits per heavy atom. The van der Waals surface area contributed by atoms with Gasteiger partial charge in [-0.2, -0.15) is 15.4 Å². The Bertz CT molecular complexity index is 672. The number of nitrogens with one attached hydrogen (secondary N) is 2. The van der Waals surface area contributed by atoms with Crippen molar-refractivity contribution < 1.29 is 4.42 Å². The standard InChI is InChI=1S/C15H16N4O/c1-11-7-8-13(20-11)9-16-10-14-15(18-19-17-14)12-5-3-2-4-6-12/h2-8,16H,9-10H2,1H3,(H,17,18,19). The molecule has 0 atom stereocenters. The van der Waals surface area contributed by atoms with Gasteiger partial charge in [-0.1, -0.05) is 30.3 Å². The van der Waals surface area contributed by atoms with Crippen molar-refractivity contribution in [2.45, 2.75) is 20.0 Å². The van der Waals surface area contributed by atoms with E-state index in [-0.39, 0.29) is 0 Å². The molecular weight excluding hydrogens is 252 g/mol. The number of hydrogen-bond donors (Lipinski definition) is 2. The van der Waals surface area contributed by atoms with Crippen molar-refractivity contribution in [1.29, 1.82) is 0 Å². The largest absolute Gasteiger partial charge is 0.465 e. The number of aryl methyl sites for hydroxylation is 1. The van der Waals surface area contributed by atoms with E-state index in [1.54, 1.807) is 0 Å². The van der Waals surface area contributed by atoms with Gasteiger partial charge in [-0.05, 0) is 19.1 Å². The third-order valence-corrected chi connectivity index (χ3v) is 3.06. The topological polar surface area (TPSA) is 66.7 Å². The molecule has 0 aliphatic heterocycles. The van der Waals surface area contributed by atoms with E-state index < -0.39 is 0 Å². The van der Waals surface area contributed by atoms with Crippen molar-refractivity contribution >= 4 is 0 Å². The van der Waals surface area contributed by atoms with Crippen molar-refractivity contribution in [2.75, 3.05) is 0 Å². The maximum Gasteiger partial charge on any atom is 0.117 e. The molecule has 0 saturated carbocycles. The molecule has 0 radical (unpaired) electrons. The molecule has 0 aliphatic rings. The molecule has 1 aromatic carbocycles. The molecule has 3 rings (SSSR count). The van der Waals surface area contributed by atoms with E-state index in [9.17, 15) is 0 Å². The second-order valence-electron chi connectivity index (χ2n) is 4.60. The van der Waals surface area contributed by atoms with E-state index in [1.165, 1.54) is 0 Å². The van der Waals surface area contributed by atoms with Crippen LogP contribution in [0.5, 0.6) is 0 Å². The number of furan rings is 1. The van der Waals surface area contributed by atoms with Gasteiger partial charge in [-0.15, -0.1) is 0 Å². The molecule has 0 fully saturated rings. The average molecular weight is 268 g/mol. The van der Waals surface area contributed by atoms with Gasteiger partial charge in [-0.25, -0.2) is 0 Å². The Hall–Kier alpha value is -2.40. The van der Waals surface area contributed by atoms with Gasteiger partial charge >= 0.3 is 0 Å². The first-order chi connectivity index (χ1) is 9.83. The summed E-state index contributed by atoms with van der Waals surface area (Å²) in [6, 6.07) is 14.0. The SMILES string of the molecule is Cc1ccc(CNCc2n[nH]nc2-c2ccccc2)o1. The van der Waals surface area contributed by atoms with E-state index in [0.717, 1.165) is 28.5 Å². The first-order valence-corrected chi connectivity index (χ1v) is 6.54. The third-order valence-electron chi connectivity index (χ3n) is 3.06. The van der Waals surface area contributed by atoms with Gasteiger partial charge in [-0.3, -0.25) is 0 Å². The van der Waals surface area contributed by atoms with Crippen LogP contribution in [0.1, 0.15) is 17.2 Å². The maximum atomic E-state index is 5.51. The lowest BCUT2D eigenvalue weighted by Gasteiger charge is -2.02. The summed E-state index contributed by atoms with van der Waals surface area (Å²) in [6.07, 6.45) is 0. The van der Waals surface area contributed by atoms with Gasteiger partial charge in [0.15, 0.2) is 0 Å². The summed E-state index contributed by atoms with van der Waals surface area (Å²) in [5.41, 5.74) is 2.85. The van der Waals surface area contributed by atoms with E-state index in [0.29, 0.717) is 13.1 Å². The quantitative estimate of drug-likeness (QED) is 0.746. The molecule has 102 valence electrons. The van der Waals surface area contributed by atoms with E-state index in [1.807, 2.05) is 49.4 Å². The molecule has 0 aliphatic carbocycles. The summed E-state index contributed by atoms with van der Waals surface area (Å²) in [5, 5.41) is 14.4. The number of rotatable bonds is 5. The van der Waals surface area contributed by atoms with Gasteiger partial charge in [0.1, 0.15) is 22.9 Å². The number of benzene rings is 1. The van der Waals surface area contributed by atoms with Crippen LogP contribution in [0.25, 0.3) is 11.3 Å². The molecule has 2 heterocycles. The number of H-pyrrole nitrogens is 1. The van der Waals surface area contributed by atoms with Crippen molar-refractivity contribution in [2.24, 2.45) is 0 Å². The monoisotopic (exact) mass is 268 g/mol. The smallest absolute Gasteiger partial charge is 0.117 e. The van der Waals surface area contributed by atoms with Crippen LogP contribution in [-0.4, -0.2) is 15.4 Å². The maximum absolute atomic E-state index is 5.51. The summed E-state index contributed by atoms with van der Waals surface area (Å²) in [7, 11) is 0. The normalized spacial score (nSPS) is 10.8. The Labute approximate surface area is 117 Å². The summed E-state index contributed by atoms with van der Waals surface area (Å²) in [6.45, 7) is 3.25. The zero-order chi connectivity index (χ0) is 13.8. The lowest BCUT2D eigenvalue weighted by Crippen LogP contribution is -2.13. The van der Waals surface area contributed by atoms with Crippen LogP contribution in [0.3, 0.4) is 0 Å². The summed E-state index contributed by atoms with van der Waals surface area (Å²) in [5.74, 6) is 1.85. The lowest BCUT2D eigenvalue weighted by atomic mass is 10.1. The number of aromatic nitrogens is 3. The van der Waals surface area contributed by atoms with Gasteiger partial charge in [0.2, 0.25) is 0 Å². The fourth-order valence-corrected chi connectivity index (χ4v) is 2.09.